The minimum absolute atomic E-state index is 0.585. The summed E-state index contributed by atoms with van der Waals surface area (Å²) in [5.74, 6) is 0. The van der Waals surface area contributed by atoms with E-state index < -0.39 is 14.8 Å². The van der Waals surface area contributed by atoms with Crippen LogP contribution in [0.2, 0.25) is 0 Å². The third kappa shape index (κ3) is 2.13. The molecule has 0 amide bonds. The topological polar surface area (TPSA) is 51.2 Å². The molecule has 0 fully saturated rings. The van der Waals surface area contributed by atoms with Gasteiger partial charge in [0.05, 0.1) is 0 Å². The molecule has 3 nitrogen and oxygen atoms in total. The second-order valence-corrected chi connectivity index (χ2v) is 8.42. The van der Waals surface area contributed by atoms with E-state index in [0.29, 0.717) is 21.1 Å². The van der Waals surface area contributed by atoms with Gasteiger partial charge in [-0.3, -0.25) is 0 Å². The molecule has 0 radical (unpaired) electrons. The summed E-state index contributed by atoms with van der Waals surface area (Å²) in [4.78, 5) is 34.3. The first-order valence-corrected chi connectivity index (χ1v) is 8.09. The molecule has 14 heavy (non-hydrogen) atoms. The van der Waals surface area contributed by atoms with Crippen LogP contribution in [-0.2, 0) is 29.2 Å². The Morgan fingerprint density at radius 3 is 2.36 bits per heavy atom. The Balaban J connectivity index is 3.03. The van der Waals surface area contributed by atoms with Gasteiger partial charge in [-0.1, -0.05) is 0 Å². The van der Waals surface area contributed by atoms with E-state index in [1.54, 1.807) is 6.08 Å². The van der Waals surface area contributed by atoms with Gasteiger partial charge in [-0.2, -0.15) is 0 Å². The average Bonchev–Trinajstić information content (AvgIpc) is 2.51. The fraction of sp³-hybridized carbons (Fsp3) is 0.300. The molecule has 0 bridgehead atoms. The van der Waals surface area contributed by atoms with Gasteiger partial charge in [0.2, 0.25) is 0 Å². The molecule has 0 saturated heterocycles. The van der Waals surface area contributed by atoms with Crippen molar-refractivity contribution in [1.29, 1.82) is 0 Å². The molecule has 0 spiro atoms. The zero-order valence-electron chi connectivity index (χ0n) is 7.66. The quantitative estimate of drug-likeness (QED) is 0.577. The summed E-state index contributed by atoms with van der Waals surface area (Å²) in [6.07, 6.45) is 8.10. The van der Waals surface area contributed by atoms with Gasteiger partial charge in [0.1, 0.15) is 0 Å². The first-order valence-electron chi connectivity index (χ1n) is 4.21. The van der Waals surface area contributed by atoms with Crippen molar-refractivity contribution in [2.75, 3.05) is 0 Å². The second-order valence-electron chi connectivity index (χ2n) is 2.83. The SMILES string of the molecule is O=[CH][Ru]([CH]=O)([CH]=O)[C]1=CC=CCCC1. The van der Waals surface area contributed by atoms with Crippen LogP contribution >= 0.6 is 0 Å². The predicted molar refractivity (Wildman–Crippen MR) is 51.3 cm³/mol. The van der Waals surface area contributed by atoms with Crippen molar-refractivity contribution in [1.82, 2.24) is 0 Å². The van der Waals surface area contributed by atoms with E-state index in [0.717, 1.165) is 17.0 Å². The fourth-order valence-corrected chi connectivity index (χ4v) is 4.02. The van der Waals surface area contributed by atoms with E-state index in [1.807, 2.05) is 12.2 Å². The molecule has 4 heteroatoms. The van der Waals surface area contributed by atoms with Gasteiger partial charge in [0.15, 0.2) is 0 Å². The predicted octanol–water partition coefficient (Wildman–Crippen LogP) is 1.33. The number of carbonyl (C=O) groups is 3. The summed E-state index contributed by atoms with van der Waals surface area (Å²) in [5, 5.41) is 0. The molecule has 0 N–H and O–H groups in total. The van der Waals surface area contributed by atoms with Crippen molar-refractivity contribution in [2.24, 2.45) is 0 Å². The summed E-state index contributed by atoms with van der Waals surface area (Å²) in [6.45, 7) is 0. The number of allylic oxidation sites excluding steroid dienone is 4. The van der Waals surface area contributed by atoms with Crippen LogP contribution in [0.3, 0.4) is 0 Å². The van der Waals surface area contributed by atoms with Gasteiger partial charge in [0.25, 0.3) is 0 Å². The zero-order chi connectivity index (χ0) is 10.4. The summed E-state index contributed by atoms with van der Waals surface area (Å²) < 4.78 is 0.759. The number of carbonyl (C=O) groups excluding carboxylic acids is 3. The van der Waals surface area contributed by atoms with Crippen LogP contribution in [0.25, 0.3) is 0 Å². The van der Waals surface area contributed by atoms with Crippen molar-refractivity contribution >= 4 is 14.6 Å². The van der Waals surface area contributed by atoms with Crippen molar-refractivity contribution in [3.05, 3.63) is 22.4 Å². The van der Waals surface area contributed by atoms with Gasteiger partial charge >= 0.3 is 85.5 Å². The van der Waals surface area contributed by atoms with Crippen LogP contribution in [0.5, 0.6) is 0 Å². The van der Waals surface area contributed by atoms with Gasteiger partial charge in [-0.25, -0.2) is 0 Å². The number of rotatable bonds is 4. The molecule has 0 unspecified atom stereocenters. The Labute approximate surface area is 85.7 Å². The molecule has 0 aliphatic heterocycles. The van der Waals surface area contributed by atoms with E-state index in [-0.39, 0.29) is 0 Å². The monoisotopic (exact) mass is 282 g/mol. The van der Waals surface area contributed by atoms with Crippen LogP contribution in [-0.4, -0.2) is 14.6 Å². The fourth-order valence-electron chi connectivity index (χ4n) is 1.21. The molecule has 1 aliphatic carbocycles. The normalized spacial score (nSPS) is 17.9. The third-order valence-corrected chi connectivity index (χ3v) is 6.69. The van der Waals surface area contributed by atoms with Crippen molar-refractivity contribution in [3.63, 3.8) is 0 Å². The molecule has 1 aliphatic rings. The van der Waals surface area contributed by atoms with Crippen LogP contribution in [0.1, 0.15) is 19.3 Å². The summed E-state index contributed by atoms with van der Waals surface area (Å²) in [7, 11) is 0. The molecule has 0 heterocycles. The molecule has 0 saturated carbocycles. The van der Waals surface area contributed by atoms with Gasteiger partial charge in [-0.15, -0.1) is 0 Å². The van der Waals surface area contributed by atoms with Crippen LogP contribution in [0.4, 0.5) is 0 Å². The van der Waals surface area contributed by atoms with Gasteiger partial charge in [-0.05, 0) is 0 Å². The van der Waals surface area contributed by atoms with E-state index in [4.69, 9.17) is 0 Å². The zero-order valence-corrected chi connectivity index (χ0v) is 9.40. The van der Waals surface area contributed by atoms with Gasteiger partial charge < -0.3 is 0 Å². The second kappa shape index (κ2) is 5.11. The molecule has 78 valence electrons. The van der Waals surface area contributed by atoms with Crippen LogP contribution in [0, 0.1) is 0 Å². The Bertz CT molecular complexity index is 283. The van der Waals surface area contributed by atoms with Crippen LogP contribution < -0.4 is 0 Å². The van der Waals surface area contributed by atoms with Gasteiger partial charge in [0, 0.05) is 0 Å². The summed E-state index contributed by atoms with van der Waals surface area (Å²) in [5.41, 5.74) is 0. The van der Waals surface area contributed by atoms with Crippen molar-refractivity contribution in [2.45, 2.75) is 19.3 Å². The molecular weight excluding hydrogens is 269 g/mol. The van der Waals surface area contributed by atoms with Crippen molar-refractivity contribution < 1.29 is 29.2 Å². The van der Waals surface area contributed by atoms with E-state index >= 15 is 0 Å². The number of hydrogen-bond donors (Lipinski definition) is 0. The molecule has 1 rings (SSSR count). The van der Waals surface area contributed by atoms with Crippen LogP contribution in [0.15, 0.2) is 22.4 Å². The Morgan fingerprint density at radius 1 is 1.14 bits per heavy atom. The molecule has 0 atom stereocenters. The summed E-state index contributed by atoms with van der Waals surface area (Å²) >= 11 is -3.42. The van der Waals surface area contributed by atoms with E-state index in [9.17, 15) is 14.4 Å². The average molecular weight is 281 g/mol. The molecule has 0 aromatic heterocycles. The maximum absolute atomic E-state index is 10.8. The minimum atomic E-state index is -3.42. The number of hydrogen-bond acceptors (Lipinski definition) is 3. The van der Waals surface area contributed by atoms with E-state index in [1.165, 1.54) is 0 Å². The maximum atomic E-state index is 10.8. The van der Waals surface area contributed by atoms with E-state index in [2.05, 4.69) is 0 Å². The third-order valence-electron chi connectivity index (χ3n) is 2.00. The standard InChI is InChI=1S/C7H9.3CHO.Ru/c1-2-4-6-7-5-3-1;3*1-2;/h1-3H,4,6-7H2;3*1H;. The Kier molecular flexibility index (Phi) is 4.08. The molecule has 0 aromatic rings. The molecular formula is C10H12O3Ru. The molecule has 0 aromatic carbocycles. The first-order chi connectivity index (χ1) is 6.79. The summed E-state index contributed by atoms with van der Waals surface area (Å²) in [6, 6.07) is 0. The van der Waals surface area contributed by atoms with Crippen molar-refractivity contribution in [3.8, 4) is 0 Å². The first kappa shape index (κ1) is 11.2. The Hall–Kier alpha value is -0.887. The Morgan fingerprint density at radius 2 is 1.79 bits per heavy atom.